The van der Waals surface area contributed by atoms with Gasteiger partial charge in [-0.1, -0.05) is 36.4 Å². The van der Waals surface area contributed by atoms with Gasteiger partial charge in [0, 0.05) is 23.4 Å². The Kier molecular flexibility index (Phi) is 5.44. The van der Waals surface area contributed by atoms with E-state index in [2.05, 4.69) is 21.3 Å². The van der Waals surface area contributed by atoms with Gasteiger partial charge in [-0.15, -0.1) is 0 Å². The maximum absolute atomic E-state index is 12.8. The van der Waals surface area contributed by atoms with E-state index in [4.69, 9.17) is 4.74 Å². The summed E-state index contributed by atoms with van der Waals surface area (Å²) in [5.41, 5.74) is 1.75. The predicted octanol–water partition coefficient (Wildman–Crippen LogP) is 2.94. The third-order valence-electron chi connectivity index (χ3n) is 6.10. The number of imide groups is 1. The quantitative estimate of drug-likeness (QED) is 0.427. The fourth-order valence-electron chi connectivity index (χ4n) is 4.13. The van der Waals surface area contributed by atoms with E-state index in [1.807, 2.05) is 24.3 Å². The molecule has 0 radical (unpaired) electrons. The Hall–Kier alpha value is -4.66. The SMILES string of the molecule is CC1(c2ccc(NC(=O)c3cccc(NC(=O)C4Cc5ccccc5O4)c3)cc2)NC(=O)NC1=O. The molecule has 0 bridgehead atoms. The van der Waals surface area contributed by atoms with Crippen LogP contribution < -0.4 is 26.0 Å². The van der Waals surface area contributed by atoms with Gasteiger partial charge in [0.15, 0.2) is 6.10 Å². The van der Waals surface area contributed by atoms with Crippen LogP contribution in [0.3, 0.4) is 0 Å². The number of para-hydroxylation sites is 1. The number of amides is 5. The number of carbonyl (C=O) groups excluding carboxylic acids is 4. The van der Waals surface area contributed by atoms with Crippen molar-refractivity contribution in [2.75, 3.05) is 10.6 Å². The number of hydrogen-bond donors (Lipinski definition) is 4. The zero-order chi connectivity index (χ0) is 24.6. The molecule has 0 aromatic heterocycles. The van der Waals surface area contributed by atoms with E-state index < -0.39 is 23.6 Å². The third kappa shape index (κ3) is 4.31. The number of hydrogen-bond acceptors (Lipinski definition) is 5. The van der Waals surface area contributed by atoms with Crippen LogP contribution in [0.25, 0.3) is 0 Å². The fourth-order valence-corrected chi connectivity index (χ4v) is 4.13. The van der Waals surface area contributed by atoms with Crippen molar-refractivity contribution in [1.29, 1.82) is 0 Å². The van der Waals surface area contributed by atoms with E-state index in [0.717, 1.165) is 5.56 Å². The summed E-state index contributed by atoms with van der Waals surface area (Å²) >= 11 is 0. The van der Waals surface area contributed by atoms with Gasteiger partial charge in [0.05, 0.1) is 0 Å². The number of benzene rings is 3. The summed E-state index contributed by atoms with van der Waals surface area (Å²) in [6.45, 7) is 1.61. The second-order valence-corrected chi connectivity index (χ2v) is 8.55. The minimum Gasteiger partial charge on any atom is -0.480 e. The van der Waals surface area contributed by atoms with Gasteiger partial charge in [-0.2, -0.15) is 0 Å². The first-order valence-corrected chi connectivity index (χ1v) is 11.0. The van der Waals surface area contributed by atoms with Crippen molar-refractivity contribution in [3.63, 3.8) is 0 Å². The summed E-state index contributed by atoms with van der Waals surface area (Å²) in [4.78, 5) is 49.1. The Bertz CT molecular complexity index is 1330. The lowest BCUT2D eigenvalue weighted by atomic mass is 9.92. The highest BCUT2D eigenvalue weighted by Crippen LogP contribution is 2.29. The first-order valence-electron chi connectivity index (χ1n) is 11.0. The van der Waals surface area contributed by atoms with Crippen LogP contribution in [-0.4, -0.2) is 29.9 Å². The van der Waals surface area contributed by atoms with Crippen LogP contribution in [0.1, 0.15) is 28.4 Å². The highest BCUT2D eigenvalue weighted by atomic mass is 16.5. The monoisotopic (exact) mass is 470 g/mol. The Labute approximate surface area is 200 Å². The second kappa shape index (κ2) is 8.60. The van der Waals surface area contributed by atoms with Gasteiger partial charge in [0.25, 0.3) is 17.7 Å². The number of nitrogens with one attached hydrogen (secondary N) is 4. The number of fused-ring (bicyclic) bond motifs is 1. The lowest BCUT2D eigenvalue weighted by Crippen LogP contribution is -2.40. The Morgan fingerprint density at radius 3 is 2.43 bits per heavy atom. The molecular weight excluding hydrogens is 448 g/mol. The first-order chi connectivity index (χ1) is 16.8. The molecule has 5 rings (SSSR count). The van der Waals surface area contributed by atoms with E-state index in [-0.39, 0.29) is 11.8 Å². The fraction of sp³-hybridized carbons (Fsp3) is 0.154. The largest absolute Gasteiger partial charge is 0.480 e. The van der Waals surface area contributed by atoms with Crippen molar-refractivity contribution in [3.05, 3.63) is 89.5 Å². The van der Waals surface area contributed by atoms with Crippen molar-refractivity contribution in [2.45, 2.75) is 25.0 Å². The zero-order valence-electron chi connectivity index (χ0n) is 18.8. The van der Waals surface area contributed by atoms with Gasteiger partial charge < -0.3 is 20.7 Å². The Balaban J connectivity index is 1.23. The molecule has 2 unspecified atom stereocenters. The number of carbonyl (C=O) groups is 4. The summed E-state index contributed by atoms with van der Waals surface area (Å²) in [5.74, 6) is -0.385. The number of anilines is 2. The van der Waals surface area contributed by atoms with Crippen LogP contribution in [0.2, 0.25) is 0 Å². The smallest absolute Gasteiger partial charge is 0.322 e. The molecule has 0 saturated carbocycles. The molecular formula is C26H22N4O5. The average molecular weight is 470 g/mol. The van der Waals surface area contributed by atoms with E-state index >= 15 is 0 Å². The van der Waals surface area contributed by atoms with Gasteiger partial charge >= 0.3 is 6.03 Å². The second-order valence-electron chi connectivity index (χ2n) is 8.55. The van der Waals surface area contributed by atoms with Crippen LogP contribution >= 0.6 is 0 Å². The molecule has 1 fully saturated rings. The van der Waals surface area contributed by atoms with Crippen molar-refractivity contribution in [2.24, 2.45) is 0 Å². The minimum absolute atomic E-state index is 0.286. The molecule has 0 aliphatic carbocycles. The molecule has 9 nitrogen and oxygen atoms in total. The van der Waals surface area contributed by atoms with Crippen molar-refractivity contribution >= 4 is 35.1 Å². The van der Waals surface area contributed by atoms with E-state index in [9.17, 15) is 19.2 Å². The van der Waals surface area contributed by atoms with Gasteiger partial charge in [0.2, 0.25) is 0 Å². The van der Waals surface area contributed by atoms with Crippen LogP contribution in [-0.2, 0) is 21.5 Å². The molecule has 1 saturated heterocycles. The molecule has 3 aromatic carbocycles. The number of ether oxygens (including phenoxy) is 1. The first kappa shape index (κ1) is 22.1. The molecule has 0 spiro atoms. The number of urea groups is 1. The topological polar surface area (TPSA) is 126 Å². The van der Waals surface area contributed by atoms with Gasteiger partial charge in [-0.25, -0.2) is 4.79 Å². The highest BCUT2D eigenvalue weighted by molar-refractivity contribution is 6.07. The molecule has 9 heteroatoms. The molecule has 35 heavy (non-hydrogen) atoms. The van der Waals surface area contributed by atoms with E-state index in [0.29, 0.717) is 34.7 Å². The molecule has 2 heterocycles. The average Bonchev–Trinajstić information content (AvgIpc) is 3.40. The molecule has 4 N–H and O–H groups in total. The van der Waals surface area contributed by atoms with Crippen LogP contribution in [0.5, 0.6) is 5.75 Å². The van der Waals surface area contributed by atoms with E-state index in [1.54, 1.807) is 55.5 Å². The van der Waals surface area contributed by atoms with Crippen molar-refractivity contribution in [3.8, 4) is 5.75 Å². The predicted molar refractivity (Wildman–Crippen MR) is 128 cm³/mol. The summed E-state index contributed by atoms with van der Waals surface area (Å²) in [6, 6.07) is 20.2. The molecule has 2 aliphatic heterocycles. The van der Waals surface area contributed by atoms with Gasteiger partial charge in [-0.05, 0) is 54.4 Å². The van der Waals surface area contributed by atoms with Crippen molar-refractivity contribution < 1.29 is 23.9 Å². The highest BCUT2D eigenvalue weighted by Gasteiger charge is 2.43. The standard InChI is InChI=1S/C26H22N4O5/c1-26(24(33)29-25(34)30-26)17-9-11-18(12-10-17)27-22(31)16-6-4-7-19(13-16)28-23(32)21-14-15-5-2-3-8-20(15)35-21/h2-13,21H,14H2,1H3,(H,27,31)(H,28,32)(H2,29,30,33,34). The molecule has 3 aromatic rings. The van der Waals surface area contributed by atoms with Crippen LogP contribution in [0, 0.1) is 0 Å². The summed E-state index contributed by atoms with van der Waals surface area (Å²) in [7, 11) is 0. The third-order valence-corrected chi connectivity index (χ3v) is 6.10. The lowest BCUT2D eigenvalue weighted by molar-refractivity contribution is -0.123. The molecule has 2 atom stereocenters. The zero-order valence-corrected chi connectivity index (χ0v) is 18.8. The van der Waals surface area contributed by atoms with E-state index in [1.165, 1.54) is 0 Å². The summed E-state index contributed by atoms with van der Waals surface area (Å²) in [6.07, 6.45) is -0.139. The van der Waals surface area contributed by atoms with Crippen LogP contribution in [0.4, 0.5) is 16.2 Å². The normalized spacial score (nSPS) is 20.3. The summed E-state index contributed by atoms with van der Waals surface area (Å²) in [5, 5.41) is 10.4. The van der Waals surface area contributed by atoms with Gasteiger partial charge in [0.1, 0.15) is 11.3 Å². The van der Waals surface area contributed by atoms with Crippen LogP contribution in [0.15, 0.2) is 72.8 Å². The van der Waals surface area contributed by atoms with Crippen molar-refractivity contribution in [1.82, 2.24) is 10.6 Å². The molecule has 176 valence electrons. The number of rotatable bonds is 5. The Morgan fingerprint density at radius 1 is 0.943 bits per heavy atom. The lowest BCUT2D eigenvalue weighted by Gasteiger charge is -2.21. The Morgan fingerprint density at radius 2 is 1.71 bits per heavy atom. The molecule has 5 amide bonds. The van der Waals surface area contributed by atoms with Gasteiger partial charge in [-0.3, -0.25) is 19.7 Å². The maximum Gasteiger partial charge on any atom is 0.322 e. The minimum atomic E-state index is -1.17. The molecule has 2 aliphatic rings. The summed E-state index contributed by atoms with van der Waals surface area (Å²) < 4.78 is 5.72. The maximum atomic E-state index is 12.8.